The normalized spacial score (nSPS) is 28.4. The molecule has 1 aromatic carbocycles. The Bertz CT molecular complexity index is 614. The first-order valence-corrected chi connectivity index (χ1v) is 9.17. The maximum atomic E-state index is 12.5. The van der Waals surface area contributed by atoms with Crippen molar-refractivity contribution in [3.05, 3.63) is 29.8 Å². The van der Waals surface area contributed by atoms with Crippen molar-refractivity contribution in [1.29, 1.82) is 0 Å². The molecule has 1 aliphatic carbocycles. The Kier molecular flexibility index (Phi) is 4.12. The summed E-state index contributed by atoms with van der Waals surface area (Å²) in [5, 5.41) is 6.37. The van der Waals surface area contributed by atoms with Gasteiger partial charge in [0.05, 0.1) is 6.04 Å². The zero-order chi connectivity index (χ0) is 16.6. The maximum Gasteiger partial charge on any atom is 0.315 e. The number of para-hydroxylation sites is 1. The number of carbonyl (C=O) groups excluding carboxylic acids is 1. The highest BCUT2D eigenvalue weighted by Crippen LogP contribution is 2.48. The standard InChI is InChI=1S/C19H27N3O2/c1-22-11-4-6-14(13-22)20-18(23)21-16-12-19(9-5-10-19)24-17-8-3-2-7-15(16)17/h2-3,7-8,14,16H,4-6,9-13H2,1H3,(H2,20,21,23)/t14-,16-/m0/s1. The molecule has 1 aromatic rings. The fraction of sp³-hybridized carbons (Fsp3) is 0.632. The van der Waals surface area contributed by atoms with E-state index in [4.69, 9.17) is 4.74 Å². The second-order valence-electron chi connectivity index (χ2n) is 7.65. The van der Waals surface area contributed by atoms with Gasteiger partial charge in [-0.15, -0.1) is 0 Å². The first kappa shape index (κ1) is 15.8. The van der Waals surface area contributed by atoms with Crippen LogP contribution in [0.4, 0.5) is 4.79 Å². The lowest BCUT2D eigenvalue weighted by Gasteiger charge is -2.48. The minimum atomic E-state index is -0.0582. The van der Waals surface area contributed by atoms with Gasteiger partial charge in [0.1, 0.15) is 11.4 Å². The van der Waals surface area contributed by atoms with Crippen LogP contribution in [0.3, 0.4) is 0 Å². The Morgan fingerprint density at radius 2 is 2.08 bits per heavy atom. The van der Waals surface area contributed by atoms with Crippen LogP contribution in [0.5, 0.6) is 5.75 Å². The smallest absolute Gasteiger partial charge is 0.315 e. The lowest BCUT2D eigenvalue weighted by atomic mass is 9.73. The number of carbonyl (C=O) groups is 1. The predicted octanol–water partition coefficient (Wildman–Crippen LogP) is 2.83. The van der Waals surface area contributed by atoms with Gasteiger partial charge in [0.25, 0.3) is 0 Å². The molecule has 24 heavy (non-hydrogen) atoms. The summed E-state index contributed by atoms with van der Waals surface area (Å²) in [5.74, 6) is 0.936. The first-order chi connectivity index (χ1) is 11.6. The molecule has 1 spiro atoms. The monoisotopic (exact) mass is 329 g/mol. The molecule has 2 fully saturated rings. The number of piperidine rings is 1. The Morgan fingerprint density at radius 1 is 1.25 bits per heavy atom. The fourth-order valence-corrected chi connectivity index (χ4v) is 4.29. The SMILES string of the molecule is CN1CCC[C@H](NC(=O)N[C@H]2CC3(CCC3)Oc3ccccc32)C1. The summed E-state index contributed by atoms with van der Waals surface area (Å²) >= 11 is 0. The highest BCUT2D eigenvalue weighted by Gasteiger charge is 2.45. The fourth-order valence-electron chi connectivity index (χ4n) is 4.29. The van der Waals surface area contributed by atoms with Crippen LogP contribution in [0.25, 0.3) is 0 Å². The average molecular weight is 329 g/mol. The third-order valence-electron chi connectivity index (χ3n) is 5.73. The van der Waals surface area contributed by atoms with E-state index in [-0.39, 0.29) is 23.7 Å². The lowest BCUT2D eigenvalue weighted by molar-refractivity contribution is -0.0356. The topological polar surface area (TPSA) is 53.6 Å². The van der Waals surface area contributed by atoms with Gasteiger partial charge in [-0.2, -0.15) is 0 Å². The van der Waals surface area contributed by atoms with E-state index >= 15 is 0 Å². The van der Waals surface area contributed by atoms with Gasteiger partial charge < -0.3 is 20.3 Å². The highest BCUT2D eigenvalue weighted by molar-refractivity contribution is 5.75. The second kappa shape index (κ2) is 6.28. The van der Waals surface area contributed by atoms with Crippen molar-refractivity contribution in [3.63, 3.8) is 0 Å². The number of likely N-dealkylation sites (tertiary alicyclic amines) is 1. The van der Waals surface area contributed by atoms with Gasteiger partial charge in [-0.25, -0.2) is 4.79 Å². The Hall–Kier alpha value is -1.75. The Labute approximate surface area is 143 Å². The van der Waals surface area contributed by atoms with E-state index in [1.807, 2.05) is 18.2 Å². The molecule has 130 valence electrons. The molecular formula is C19H27N3O2. The quantitative estimate of drug-likeness (QED) is 0.877. The summed E-state index contributed by atoms with van der Waals surface area (Å²) in [4.78, 5) is 14.8. The summed E-state index contributed by atoms with van der Waals surface area (Å²) in [6.07, 6.45) is 6.48. The Morgan fingerprint density at radius 3 is 2.83 bits per heavy atom. The van der Waals surface area contributed by atoms with Crippen molar-refractivity contribution in [3.8, 4) is 5.75 Å². The average Bonchev–Trinajstić information content (AvgIpc) is 2.53. The van der Waals surface area contributed by atoms with Gasteiger partial charge >= 0.3 is 6.03 Å². The number of fused-ring (bicyclic) bond motifs is 1. The molecule has 2 heterocycles. The van der Waals surface area contributed by atoms with Crippen LogP contribution in [-0.2, 0) is 0 Å². The van der Waals surface area contributed by atoms with Gasteiger partial charge in [0, 0.05) is 24.6 Å². The summed E-state index contributed by atoms with van der Waals surface area (Å²) in [6, 6.07) is 8.35. The molecule has 2 atom stereocenters. The third kappa shape index (κ3) is 3.09. The van der Waals surface area contributed by atoms with Crippen molar-refractivity contribution >= 4 is 6.03 Å². The molecule has 3 aliphatic rings. The molecule has 2 N–H and O–H groups in total. The molecule has 4 rings (SSSR count). The summed E-state index contributed by atoms with van der Waals surface area (Å²) < 4.78 is 6.25. The molecule has 0 unspecified atom stereocenters. The van der Waals surface area contributed by atoms with Crippen LogP contribution in [-0.4, -0.2) is 42.7 Å². The number of nitrogens with zero attached hydrogens (tertiary/aromatic N) is 1. The number of amides is 2. The van der Waals surface area contributed by atoms with Crippen molar-refractivity contribution in [2.75, 3.05) is 20.1 Å². The second-order valence-corrected chi connectivity index (χ2v) is 7.65. The molecule has 5 heteroatoms. The minimum absolute atomic E-state index is 0.0385. The number of rotatable bonds is 2. The van der Waals surface area contributed by atoms with Crippen molar-refractivity contribution in [2.45, 2.75) is 56.2 Å². The van der Waals surface area contributed by atoms with Crippen LogP contribution in [0.2, 0.25) is 0 Å². The van der Waals surface area contributed by atoms with E-state index in [9.17, 15) is 4.79 Å². The van der Waals surface area contributed by atoms with Gasteiger partial charge in [-0.1, -0.05) is 18.2 Å². The van der Waals surface area contributed by atoms with Crippen LogP contribution >= 0.6 is 0 Å². The van der Waals surface area contributed by atoms with Gasteiger partial charge in [-0.05, 0) is 51.8 Å². The zero-order valence-electron chi connectivity index (χ0n) is 14.4. The van der Waals surface area contributed by atoms with Gasteiger partial charge in [0.15, 0.2) is 0 Å². The largest absolute Gasteiger partial charge is 0.487 e. The van der Waals surface area contributed by atoms with E-state index in [1.54, 1.807) is 0 Å². The summed E-state index contributed by atoms with van der Waals surface area (Å²) in [7, 11) is 2.11. The molecule has 0 radical (unpaired) electrons. The predicted molar refractivity (Wildman–Crippen MR) is 93.2 cm³/mol. The highest BCUT2D eigenvalue weighted by atomic mass is 16.5. The zero-order valence-corrected chi connectivity index (χ0v) is 14.4. The molecule has 0 bridgehead atoms. The molecular weight excluding hydrogens is 302 g/mol. The molecule has 5 nitrogen and oxygen atoms in total. The first-order valence-electron chi connectivity index (χ1n) is 9.17. The molecule has 2 amide bonds. The van der Waals surface area contributed by atoms with Crippen molar-refractivity contribution < 1.29 is 9.53 Å². The van der Waals surface area contributed by atoms with Crippen molar-refractivity contribution in [1.82, 2.24) is 15.5 Å². The van der Waals surface area contributed by atoms with Crippen molar-refractivity contribution in [2.24, 2.45) is 0 Å². The number of hydrogen-bond acceptors (Lipinski definition) is 3. The van der Waals surface area contributed by atoms with Gasteiger partial charge in [-0.3, -0.25) is 0 Å². The van der Waals surface area contributed by atoms with Crippen LogP contribution in [0.15, 0.2) is 24.3 Å². The number of hydrogen-bond donors (Lipinski definition) is 2. The number of ether oxygens (including phenoxy) is 1. The Balaban J connectivity index is 1.44. The van der Waals surface area contributed by atoms with E-state index in [2.05, 4.69) is 28.6 Å². The van der Waals surface area contributed by atoms with Crippen LogP contribution < -0.4 is 15.4 Å². The summed E-state index contributed by atoms with van der Waals surface area (Å²) in [6.45, 7) is 2.05. The lowest BCUT2D eigenvalue weighted by Crippen LogP contribution is -2.53. The van der Waals surface area contributed by atoms with E-state index in [1.165, 1.54) is 6.42 Å². The van der Waals surface area contributed by atoms with E-state index in [0.29, 0.717) is 0 Å². The number of urea groups is 1. The molecule has 0 aromatic heterocycles. The van der Waals surface area contributed by atoms with E-state index in [0.717, 1.165) is 56.5 Å². The number of benzene rings is 1. The van der Waals surface area contributed by atoms with Crippen LogP contribution in [0, 0.1) is 0 Å². The molecule has 1 saturated heterocycles. The molecule has 1 saturated carbocycles. The van der Waals surface area contributed by atoms with E-state index < -0.39 is 0 Å². The third-order valence-corrected chi connectivity index (χ3v) is 5.73. The van der Waals surface area contributed by atoms with Gasteiger partial charge in [0.2, 0.25) is 0 Å². The number of nitrogens with one attached hydrogen (secondary N) is 2. The summed E-state index contributed by atoms with van der Waals surface area (Å²) in [5.41, 5.74) is 1.04. The minimum Gasteiger partial charge on any atom is -0.487 e. The van der Waals surface area contributed by atoms with Crippen LogP contribution in [0.1, 0.15) is 50.1 Å². The number of likely N-dealkylation sites (N-methyl/N-ethyl adjacent to an activating group) is 1. The maximum absolute atomic E-state index is 12.5. The molecule has 2 aliphatic heterocycles.